The van der Waals surface area contributed by atoms with Crippen molar-refractivity contribution in [3.05, 3.63) is 143 Å². The average molecular weight is 726 g/mol. The van der Waals surface area contributed by atoms with Gasteiger partial charge >= 0.3 is 0 Å². The van der Waals surface area contributed by atoms with Crippen LogP contribution < -0.4 is 0 Å². The van der Waals surface area contributed by atoms with E-state index >= 15 is 0 Å². The van der Waals surface area contributed by atoms with Crippen molar-refractivity contribution in [2.45, 2.75) is 99.3 Å². The number of para-hydroxylation sites is 2. The van der Waals surface area contributed by atoms with Gasteiger partial charge in [0.1, 0.15) is 11.6 Å². The number of phenolic OH excluding ortho intramolecular Hbond substituents is 1. The van der Waals surface area contributed by atoms with Crippen LogP contribution in [0.5, 0.6) is 5.75 Å². The fraction of sp³-hybridized carbons (Fsp3) is 0.294. The normalized spacial score (nSPS) is 12.4. The molecule has 0 aliphatic rings. The van der Waals surface area contributed by atoms with Crippen molar-refractivity contribution in [2.24, 2.45) is 0 Å². The molecule has 7 rings (SSSR count). The standard InChI is InChI=1S/C51H55N3O/c1-31-22-32(2)47(33(3)23-31)54-44-18-15-17-41(46(44)53-48(54)42-16-13-14-19-45(42)55)36-24-37(28-38(27-36)49(4,5)6)43-29-34(20-21-52-43)35-25-39(50(7,8)9)30-40(26-35)51(10,11)12/h13-30,55H,1-12H3. The Labute approximate surface area is 328 Å². The molecule has 0 atom stereocenters. The highest BCUT2D eigenvalue weighted by Crippen LogP contribution is 2.41. The van der Waals surface area contributed by atoms with Crippen LogP contribution in [0.2, 0.25) is 0 Å². The van der Waals surface area contributed by atoms with Crippen molar-refractivity contribution in [1.29, 1.82) is 0 Å². The zero-order valence-corrected chi connectivity index (χ0v) is 34.7. The maximum Gasteiger partial charge on any atom is 0.149 e. The third-order valence-electron chi connectivity index (χ3n) is 10.9. The van der Waals surface area contributed by atoms with Crippen LogP contribution in [0.15, 0.2) is 109 Å². The van der Waals surface area contributed by atoms with E-state index in [1.165, 1.54) is 27.8 Å². The molecule has 5 aromatic carbocycles. The van der Waals surface area contributed by atoms with E-state index in [4.69, 9.17) is 9.97 Å². The SMILES string of the molecule is Cc1cc(C)c(-n2c(-c3ccccc3O)nc3c(-c4cc(-c5cc(-c6cc(C(C)(C)C)cc(C(C)(C)C)c6)ccn5)cc(C(C)(C)C)c4)cccc32)c(C)c1. The Hall–Kier alpha value is -5.48. The summed E-state index contributed by atoms with van der Waals surface area (Å²) in [6.45, 7) is 27.0. The van der Waals surface area contributed by atoms with Gasteiger partial charge in [0.05, 0.1) is 28.0 Å². The Balaban J connectivity index is 1.46. The van der Waals surface area contributed by atoms with Gasteiger partial charge in [-0.15, -0.1) is 0 Å². The molecule has 55 heavy (non-hydrogen) atoms. The van der Waals surface area contributed by atoms with Crippen molar-refractivity contribution in [3.63, 3.8) is 0 Å². The predicted molar refractivity (Wildman–Crippen MR) is 233 cm³/mol. The van der Waals surface area contributed by atoms with E-state index in [0.717, 1.165) is 55.8 Å². The summed E-state index contributed by atoms with van der Waals surface area (Å²) in [5.41, 5.74) is 17.5. The molecule has 1 N–H and O–H groups in total. The van der Waals surface area contributed by atoms with E-state index < -0.39 is 0 Å². The Kier molecular flexibility index (Phi) is 9.40. The molecular weight excluding hydrogens is 671 g/mol. The number of hydrogen-bond acceptors (Lipinski definition) is 3. The molecular formula is C51H55N3O. The van der Waals surface area contributed by atoms with Gasteiger partial charge in [0, 0.05) is 17.3 Å². The van der Waals surface area contributed by atoms with E-state index in [1.807, 2.05) is 24.4 Å². The van der Waals surface area contributed by atoms with E-state index in [2.05, 4.69) is 167 Å². The van der Waals surface area contributed by atoms with Gasteiger partial charge in [-0.05, 0) is 124 Å². The van der Waals surface area contributed by atoms with Crippen molar-refractivity contribution in [2.75, 3.05) is 0 Å². The highest BCUT2D eigenvalue weighted by Gasteiger charge is 2.25. The van der Waals surface area contributed by atoms with Crippen LogP contribution in [0.3, 0.4) is 0 Å². The minimum atomic E-state index is -0.116. The minimum Gasteiger partial charge on any atom is -0.507 e. The van der Waals surface area contributed by atoms with E-state index in [1.54, 1.807) is 6.07 Å². The number of fused-ring (bicyclic) bond motifs is 1. The van der Waals surface area contributed by atoms with Crippen LogP contribution in [0, 0.1) is 20.8 Å². The number of benzene rings is 5. The number of nitrogens with zero attached hydrogens (tertiary/aromatic N) is 3. The van der Waals surface area contributed by atoms with Crippen LogP contribution in [0.4, 0.5) is 0 Å². The lowest BCUT2D eigenvalue weighted by Gasteiger charge is -2.26. The first-order valence-corrected chi connectivity index (χ1v) is 19.5. The van der Waals surface area contributed by atoms with Crippen molar-refractivity contribution in [1.82, 2.24) is 14.5 Å². The molecule has 0 radical (unpaired) electrons. The van der Waals surface area contributed by atoms with Crippen LogP contribution in [-0.4, -0.2) is 19.6 Å². The zero-order chi connectivity index (χ0) is 39.6. The topological polar surface area (TPSA) is 50.9 Å². The first kappa shape index (κ1) is 37.8. The summed E-state index contributed by atoms with van der Waals surface area (Å²) in [5, 5.41) is 11.2. The zero-order valence-electron chi connectivity index (χ0n) is 34.7. The fourth-order valence-corrected chi connectivity index (χ4v) is 7.72. The smallest absolute Gasteiger partial charge is 0.149 e. The molecule has 2 heterocycles. The van der Waals surface area contributed by atoms with Gasteiger partial charge in [-0.25, -0.2) is 4.98 Å². The van der Waals surface area contributed by atoms with Crippen LogP contribution in [-0.2, 0) is 16.2 Å². The molecule has 0 aliphatic heterocycles. The molecule has 0 bridgehead atoms. The summed E-state index contributed by atoms with van der Waals surface area (Å²) in [6, 6.07) is 36.7. The molecule has 0 fully saturated rings. The third-order valence-corrected chi connectivity index (χ3v) is 10.9. The molecule has 2 aromatic heterocycles. The Morgan fingerprint density at radius 1 is 0.527 bits per heavy atom. The molecule has 280 valence electrons. The van der Waals surface area contributed by atoms with Gasteiger partial charge in [0.15, 0.2) is 0 Å². The monoisotopic (exact) mass is 725 g/mol. The van der Waals surface area contributed by atoms with E-state index in [-0.39, 0.29) is 22.0 Å². The number of imidazole rings is 1. The van der Waals surface area contributed by atoms with Gasteiger partial charge in [-0.1, -0.05) is 129 Å². The lowest BCUT2D eigenvalue weighted by molar-refractivity contribution is 0.477. The molecule has 0 unspecified atom stereocenters. The number of aromatic nitrogens is 3. The first-order valence-electron chi connectivity index (χ1n) is 19.5. The largest absolute Gasteiger partial charge is 0.507 e. The lowest BCUT2D eigenvalue weighted by atomic mass is 9.79. The first-order chi connectivity index (χ1) is 25.8. The summed E-state index contributed by atoms with van der Waals surface area (Å²) < 4.78 is 2.23. The van der Waals surface area contributed by atoms with Crippen LogP contribution in [0.25, 0.3) is 61.6 Å². The summed E-state index contributed by atoms with van der Waals surface area (Å²) >= 11 is 0. The summed E-state index contributed by atoms with van der Waals surface area (Å²) in [5.74, 6) is 0.915. The lowest BCUT2D eigenvalue weighted by Crippen LogP contribution is -2.16. The fourth-order valence-electron chi connectivity index (χ4n) is 7.72. The summed E-state index contributed by atoms with van der Waals surface area (Å²) in [7, 11) is 0. The Morgan fingerprint density at radius 2 is 1.09 bits per heavy atom. The quantitative estimate of drug-likeness (QED) is 0.192. The molecule has 0 aliphatic carbocycles. The molecule has 0 saturated heterocycles. The van der Waals surface area contributed by atoms with Gasteiger partial charge < -0.3 is 5.11 Å². The second-order valence-corrected chi connectivity index (χ2v) is 18.5. The second kappa shape index (κ2) is 13.7. The Morgan fingerprint density at radius 3 is 1.71 bits per heavy atom. The van der Waals surface area contributed by atoms with Crippen molar-refractivity contribution in [3.8, 4) is 56.3 Å². The second-order valence-electron chi connectivity index (χ2n) is 18.5. The van der Waals surface area contributed by atoms with Gasteiger partial charge in [0.25, 0.3) is 0 Å². The van der Waals surface area contributed by atoms with Crippen LogP contribution >= 0.6 is 0 Å². The minimum absolute atomic E-state index is 0.0196. The Bertz CT molecular complexity index is 2530. The molecule has 0 saturated carbocycles. The van der Waals surface area contributed by atoms with E-state index in [0.29, 0.717) is 11.4 Å². The molecule has 7 aromatic rings. The molecule has 0 spiro atoms. The average Bonchev–Trinajstić information content (AvgIpc) is 3.49. The van der Waals surface area contributed by atoms with E-state index in [9.17, 15) is 5.11 Å². The number of phenols is 1. The third kappa shape index (κ3) is 7.35. The van der Waals surface area contributed by atoms with Gasteiger partial charge in [-0.3, -0.25) is 9.55 Å². The molecule has 4 nitrogen and oxygen atoms in total. The van der Waals surface area contributed by atoms with Crippen molar-refractivity contribution < 1.29 is 5.11 Å². The number of rotatable bonds is 5. The number of aromatic hydroxyl groups is 1. The number of hydrogen-bond donors (Lipinski definition) is 1. The maximum absolute atomic E-state index is 11.2. The van der Waals surface area contributed by atoms with Crippen LogP contribution in [0.1, 0.15) is 95.7 Å². The highest BCUT2D eigenvalue weighted by atomic mass is 16.3. The van der Waals surface area contributed by atoms with Crippen molar-refractivity contribution >= 4 is 11.0 Å². The summed E-state index contributed by atoms with van der Waals surface area (Å²) in [4.78, 5) is 10.4. The summed E-state index contributed by atoms with van der Waals surface area (Å²) in [6.07, 6.45) is 1.95. The van der Waals surface area contributed by atoms with Gasteiger partial charge in [0.2, 0.25) is 0 Å². The van der Waals surface area contributed by atoms with Gasteiger partial charge in [-0.2, -0.15) is 0 Å². The maximum atomic E-state index is 11.2. The highest BCUT2D eigenvalue weighted by molar-refractivity contribution is 5.97. The predicted octanol–water partition coefficient (Wildman–Crippen LogP) is 13.6. The molecule has 0 amide bonds. The number of aryl methyl sites for hydroxylation is 3. The number of pyridine rings is 1. The molecule has 4 heteroatoms.